The maximum atomic E-state index is 12.7. The van der Waals surface area contributed by atoms with Crippen LogP contribution in [0.25, 0.3) is 0 Å². The average Bonchev–Trinajstić information content (AvgIpc) is 3.07. The summed E-state index contributed by atoms with van der Waals surface area (Å²) < 4.78 is 0. The Morgan fingerprint density at radius 2 is 1.77 bits per heavy atom. The van der Waals surface area contributed by atoms with Crippen molar-refractivity contribution < 1.29 is 14.7 Å². The number of amides is 2. The summed E-state index contributed by atoms with van der Waals surface area (Å²) in [5, 5.41) is 12.6. The number of likely N-dealkylation sites (tertiary alicyclic amines) is 1. The molecule has 5 heteroatoms. The lowest BCUT2D eigenvalue weighted by molar-refractivity contribution is -0.129. The van der Waals surface area contributed by atoms with Crippen molar-refractivity contribution in [2.75, 3.05) is 19.7 Å². The van der Waals surface area contributed by atoms with Gasteiger partial charge in [0.25, 0.3) is 5.91 Å². The van der Waals surface area contributed by atoms with Crippen LogP contribution in [-0.4, -0.2) is 47.6 Å². The van der Waals surface area contributed by atoms with Crippen LogP contribution < -0.4 is 5.32 Å². The van der Waals surface area contributed by atoms with Crippen LogP contribution in [0.2, 0.25) is 0 Å². The largest absolute Gasteiger partial charge is 0.396 e. The summed E-state index contributed by atoms with van der Waals surface area (Å²) in [5.41, 5.74) is 2.68. The van der Waals surface area contributed by atoms with Gasteiger partial charge in [0.05, 0.1) is 12.5 Å². The summed E-state index contributed by atoms with van der Waals surface area (Å²) in [6.07, 6.45) is 0.337. The molecule has 5 nitrogen and oxygen atoms in total. The van der Waals surface area contributed by atoms with Gasteiger partial charge in [-0.25, -0.2) is 0 Å². The van der Waals surface area contributed by atoms with Crippen molar-refractivity contribution in [3.05, 3.63) is 71.3 Å². The van der Waals surface area contributed by atoms with Gasteiger partial charge in [-0.05, 0) is 30.2 Å². The number of carbonyl (C=O) groups excluding carboxylic acids is 2. The van der Waals surface area contributed by atoms with E-state index >= 15 is 0 Å². The summed E-state index contributed by atoms with van der Waals surface area (Å²) in [4.78, 5) is 26.8. The molecular formula is C21H24N2O3. The highest BCUT2D eigenvalue weighted by molar-refractivity contribution is 5.94. The van der Waals surface area contributed by atoms with Gasteiger partial charge in [-0.1, -0.05) is 42.5 Å². The zero-order chi connectivity index (χ0) is 18.5. The summed E-state index contributed by atoms with van der Waals surface area (Å²) >= 11 is 0. The fraction of sp³-hybridized carbons (Fsp3) is 0.333. The molecule has 1 saturated heterocycles. The molecule has 0 spiro atoms. The molecule has 0 radical (unpaired) electrons. The van der Waals surface area contributed by atoms with Crippen LogP contribution in [0.15, 0.2) is 54.6 Å². The molecule has 2 atom stereocenters. The van der Waals surface area contributed by atoms with Gasteiger partial charge in [0.2, 0.25) is 5.91 Å². The molecule has 2 N–H and O–H groups in total. The first-order chi connectivity index (χ1) is 12.6. The van der Waals surface area contributed by atoms with Crippen LogP contribution in [0, 0.1) is 12.8 Å². The summed E-state index contributed by atoms with van der Waals surface area (Å²) in [7, 11) is 0. The van der Waals surface area contributed by atoms with Crippen LogP contribution in [0.3, 0.4) is 0 Å². The van der Waals surface area contributed by atoms with Crippen molar-refractivity contribution in [1.29, 1.82) is 0 Å². The number of hydrogen-bond donors (Lipinski definition) is 2. The first-order valence-corrected chi connectivity index (χ1v) is 8.87. The van der Waals surface area contributed by atoms with Crippen molar-refractivity contribution in [3.63, 3.8) is 0 Å². The van der Waals surface area contributed by atoms with E-state index in [2.05, 4.69) is 5.32 Å². The minimum atomic E-state index is -0.242. The molecule has 2 unspecified atom stereocenters. The molecule has 2 amide bonds. The number of hydrogen-bond acceptors (Lipinski definition) is 3. The summed E-state index contributed by atoms with van der Waals surface area (Å²) in [5.74, 6) is -0.306. The maximum absolute atomic E-state index is 12.7. The molecule has 0 saturated carbocycles. The Labute approximate surface area is 153 Å². The number of aliphatic hydroxyl groups is 1. The van der Waals surface area contributed by atoms with Crippen molar-refractivity contribution >= 4 is 11.8 Å². The molecule has 0 aromatic heterocycles. The topological polar surface area (TPSA) is 69.6 Å². The zero-order valence-electron chi connectivity index (χ0n) is 14.9. The molecule has 1 fully saturated rings. The van der Waals surface area contributed by atoms with E-state index in [1.54, 1.807) is 17.0 Å². The molecule has 26 heavy (non-hydrogen) atoms. The van der Waals surface area contributed by atoms with E-state index in [4.69, 9.17) is 0 Å². The summed E-state index contributed by atoms with van der Waals surface area (Å²) in [6, 6.07) is 16.6. The van der Waals surface area contributed by atoms with Gasteiger partial charge in [-0.15, -0.1) is 0 Å². The maximum Gasteiger partial charge on any atom is 0.251 e. The molecular weight excluding hydrogens is 328 g/mol. The number of aliphatic hydroxyl groups excluding tert-OH is 1. The van der Waals surface area contributed by atoms with Crippen molar-refractivity contribution in [2.24, 2.45) is 5.92 Å². The average molecular weight is 352 g/mol. The van der Waals surface area contributed by atoms with Gasteiger partial charge in [0, 0.05) is 31.2 Å². The van der Waals surface area contributed by atoms with E-state index in [1.165, 1.54) is 0 Å². The minimum Gasteiger partial charge on any atom is -0.396 e. The molecule has 0 aliphatic carbocycles. The fourth-order valence-electron chi connectivity index (χ4n) is 3.35. The minimum absolute atomic E-state index is 0.0224. The molecule has 136 valence electrons. The highest BCUT2D eigenvalue weighted by Crippen LogP contribution is 2.19. The van der Waals surface area contributed by atoms with Gasteiger partial charge in [-0.3, -0.25) is 9.59 Å². The number of nitrogens with one attached hydrogen (secondary N) is 1. The van der Waals surface area contributed by atoms with Gasteiger partial charge in [0.1, 0.15) is 0 Å². The van der Waals surface area contributed by atoms with E-state index in [-0.39, 0.29) is 30.4 Å². The Morgan fingerprint density at radius 1 is 1.08 bits per heavy atom. The Balaban J connectivity index is 1.64. The Hall–Kier alpha value is -2.66. The molecule has 1 aliphatic heterocycles. The van der Waals surface area contributed by atoms with E-state index in [0.29, 0.717) is 25.1 Å². The predicted molar refractivity (Wildman–Crippen MR) is 99.7 cm³/mol. The normalized spacial score (nSPS) is 19.4. The van der Waals surface area contributed by atoms with E-state index in [1.807, 2.05) is 49.4 Å². The SMILES string of the molecule is Cc1ccccc1CC(=O)N1CC(CO)C(NC(=O)c2ccccc2)C1. The highest BCUT2D eigenvalue weighted by Gasteiger charge is 2.35. The van der Waals surface area contributed by atoms with E-state index in [9.17, 15) is 14.7 Å². The quantitative estimate of drug-likeness (QED) is 0.862. The molecule has 1 heterocycles. The Morgan fingerprint density at radius 3 is 2.46 bits per heavy atom. The second-order valence-electron chi connectivity index (χ2n) is 6.79. The van der Waals surface area contributed by atoms with Crippen molar-refractivity contribution in [1.82, 2.24) is 10.2 Å². The Bertz CT molecular complexity index is 776. The first kappa shape index (κ1) is 18.1. The first-order valence-electron chi connectivity index (χ1n) is 8.87. The van der Waals surface area contributed by atoms with Gasteiger partial charge in [-0.2, -0.15) is 0 Å². The third-order valence-corrected chi connectivity index (χ3v) is 4.98. The monoisotopic (exact) mass is 352 g/mol. The number of nitrogens with zero attached hydrogens (tertiary/aromatic N) is 1. The summed E-state index contributed by atoms with van der Waals surface area (Å²) in [6.45, 7) is 2.81. The standard InChI is InChI=1S/C21H24N2O3/c1-15-7-5-6-10-17(15)11-20(25)23-12-18(14-24)19(13-23)22-21(26)16-8-3-2-4-9-16/h2-10,18-19,24H,11-14H2,1H3,(H,22,26). The zero-order valence-corrected chi connectivity index (χ0v) is 14.9. The molecule has 3 rings (SSSR count). The van der Waals surface area contributed by atoms with Crippen molar-refractivity contribution in [2.45, 2.75) is 19.4 Å². The van der Waals surface area contributed by atoms with Crippen LogP contribution in [0.5, 0.6) is 0 Å². The number of carbonyl (C=O) groups is 2. The van der Waals surface area contributed by atoms with Crippen LogP contribution in [0.1, 0.15) is 21.5 Å². The van der Waals surface area contributed by atoms with Gasteiger partial charge < -0.3 is 15.3 Å². The van der Waals surface area contributed by atoms with Crippen LogP contribution in [0.4, 0.5) is 0 Å². The smallest absolute Gasteiger partial charge is 0.251 e. The van der Waals surface area contributed by atoms with Gasteiger partial charge >= 0.3 is 0 Å². The molecule has 2 aromatic rings. The van der Waals surface area contributed by atoms with Crippen molar-refractivity contribution in [3.8, 4) is 0 Å². The fourth-order valence-corrected chi connectivity index (χ4v) is 3.35. The number of benzene rings is 2. The molecule has 0 bridgehead atoms. The second kappa shape index (κ2) is 8.15. The lowest BCUT2D eigenvalue weighted by atomic mass is 10.0. The van der Waals surface area contributed by atoms with E-state index in [0.717, 1.165) is 11.1 Å². The molecule has 2 aromatic carbocycles. The van der Waals surface area contributed by atoms with Crippen LogP contribution >= 0.6 is 0 Å². The number of rotatable bonds is 5. The molecule has 1 aliphatic rings. The van der Waals surface area contributed by atoms with E-state index < -0.39 is 0 Å². The second-order valence-corrected chi connectivity index (χ2v) is 6.79. The highest BCUT2D eigenvalue weighted by atomic mass is 16.3. The third kappa shape index (κ3) is 4.11. The lowest BCUT2D eigenvalue weighted by Crippen LogP contribution is -2.42. The number of aryl methyl sites for hydroxylation is 1. The van der Waals surface area contributed by atoms with Crippen LogP contribution in [-0.2, 0) is 11.2 Å². The third-order valence-electron chi connectivity index (χ3n) is 4.98. The van der Waals surface area contributed by atoms with Gasteiger partial charge in [0.15, 0.2) is 0 Å². The predicted octanol–water partition coefficient (Wildman–Crippen LogP) is 1.79. The lowest BCUT2D eigenvalue weighted by Gasteiger charge is -2.18. The Kier molecular flexibility index (Phi) is 5.68.